The van der Waals surface area contributed by atoms with Gasteiger partial charge in [0.15, 0.2) is 0 Å². The highest BCUT2D eigenvalue weighted by atomic mass is 79.9. The molecule has 3 aromatic rings. The molecule has 0 spiro atoms. The van der Waals surface area contributed by atoms with Gasteiger partial charge in [-0.25, -0.2) is 0 Å². The van der Waals surface area contributed by atoms with Gasteiger partial charge in [-0.1, -0.05) is 33.2 Å². The highest BCUT2D eigenvalue weighted by molar-refractivity contribution is 9.10. The highest BCUT2D eigenvalue weighted by Gasteiger charge is 2.04. The molecule has 0 saturated heterocycles. The van der Waals surface area contributed by atoms with Crippen molar-refractivity contribution >= 4 is 32.7 Å². The third kappa shape index (κ3) is 1.76. The lowest BCUT2D eigenvalue weighted by atomic mass is 10.1. The third-order valence-corrected chi connectivity index (χ3v) is 3.02. The number of hydrogen-bond donors (Lipinski definition) is 1. The van der Waals surface area contributed by atoms with Gasteiger partial charge < -0.3 is 5.73 Å². The number of anilines is 1. The van der Waals surface area contributed by atoms with Gasteiger partial charge in [0.2, 0.25) is 5.95 Å². The molecule has 0 atom stereocenters. The van der Waals surface area contributed by atoms with Crippen LogP contribution in [-0.4, -0.2) is 20.2 Å². The Balaban J connectivity index is 2.20. The van der Waals surface area contributed by atoms with Crippen LogP contribution in [0.15, 0.2) is 40.9 Å². The quantitative estimate of drug-likeness (QED) is 0.745. The smallest absolute Gasteiger partial charge is 0.245 e. The van der Waals surface area contributed by atoms with Crippen molar-refractivity contribution in [1.82, 2.24) is 20.2 Å². The second kappa shape index (κ2) is 3.81. The number of rotatable bonds is 1. The Morgan fingerprint density at radius 1 is 1.06 bits per heavy atom. The first kappa shape index (κ1) is 10.2. The molecule has 2 aromatic carbocycles. The third-order valence-electron chi connectivity index (χ3n) is 2.52. The van der Waals surface area contributed by atoms with E-state index in [9.17, 15) is 0 Å². The van der Waals surface area contributed by atoms with Gasteiger partial charge in [-0.05, 0) is 45.5 Å². The molecule has 1 heterocycles. The summed E-state index contributed by atoms with van der Waals surface area (Å²) in [7, 11) is 0. The summed E-state index contributed by atoms with van der Waals surface area (Å²) in [5.41, 5.74) is 6.51. The van der Waals surface area contributed by atoms with Gasteiger partial charge in [0.25, 0.3) is 0 Å². The van der Waals surface area contributed by atoms with E-state index in [2.05, 4.69) is 37.5 Å². The number of fused-ring (bicyclic) bond motifs is 1. The molecule has 0 aliphatic rings. The number of nitrogen functional groups attached to an aromatic ring is 1. The number of halogens is 1. The predicted molar refractivity (Wildman–Crippen MR) is 68.8 cm³/mol. The van der Waals surface area contributed by atoms with Gasteiger partial charge in [0.05, 0.1) is 5.69 Å². The molecule has 0 radical (unpaired) electrons. The zero-order chi connectivity index (χ0) is 11.8. The maximum absolute atomic E-state index is 5.66. The first-order valence-corrected chi connectivity index (χ1v) is 5.77. The van der Waals surface area contributed by atoms with Crippen molar-refractivity contribution < 1.29 is 0 Å². The largest absolute Gasteiger partial charge is 0.366 e. The van der Waals surface area contributed by atoms with Gasteiger partial charge >= 0.3 is 0 Å². The Kier molecular flexibility index (Phi) is 2.29. The van der Waals surface area contributed by atoms with Crippen molar-refractivity contribution in [3.05, 3.63) is 40.9 Å². The van der Waals surface area contributed by atoms with Gasteiger partial charge in [-0.3, -0.25) is 0 Å². The van der Waals surface area contributed by atoms with Crippen LogP contribution in [0.5, 0.6) is 0 Å². The van der Waals surface area contributed by atoms with Crippen LogP contribution in [0.2, 0.25) is 0 Å². The van der Waals surface area contributed by atoms with Crippen molar-refractivity contribution in [3.8, 4) is 5.69 Å². The SMILES string of the molecule is Nc1nnnn1-c1ccc2cc(Br)ccc2c1. The van der Waals surface area contributed by atoms with Crippen LogP contribution in [0.1, 0.15) is 0 Å². The Morgan fingerprint density at radius 2 is 1.82 bits per heavy atom. The molecule has 17 heavy (non-hydrogen) atoms. The standard InChI is InChI=1S/C11H8BrN5/c12-9-3-1-8-6-10(4-2-7(8)5-9)17-11(13)14-15-16-17/h1-6H,(H2,13,14,16). The second-order valence-corrected chi connectivity index (χ2v) is 4.54. The molecule has 6 heteroatoms. The van der Waals surface area contributed by atoms with E-state index < -0.39 is 0 Å². The first-order valence-electron chi connectivity index (χ1n) is 4.97. The van der Waals surface area contributed by atoms with Crippen LogP contribution in [0, 0.1) is 0 Å². The minimum atomic E-state index is 0.279. The molecule has 0 aliphatic heterocycles. The van der Waals surface area contributed by atoms with E-state index in [4.69, 9.17) is 5.73 Å². The van der Waals surface area contributed by atoms with E-state index in [0.29, 0.717) is 0 Å². The minimum absolute atomic E-state index is 0.279. The molecule has 3 rings (SSSR count). The van der Waals surface area contributed by atoms with E-state index in [0.717, 1.165) is 20.9 Å². The number of benzene rings is 2. The zero-order valence-electron chi connectivity index (χ0n) is 8.71. The van der Waals surface area contributed by atoms with Crippen molar-refractivity contribution in [2.24, 2.45) is 0 Å². The molecule has 2 N–H and O–H groups in total. The maximum Gasteiger partial charge on any atom is 0.245 e. The molecule has 84 valence electrons. The monoisotopic (exact) mass is 289 g/mol. The Labute approximate surface area is 105 Å². The molecule has 0 aliphatic carbocycles. The topological polar surface area (TPSA) is 69.6 Å². The lowest BCUT2D eigenvalue weighted by Gasteiger charge is -2.04. The Bertz CT molecular complexity index is 691. The van der Waals surface area contributed by atoms with Gasteiger partial charge in [0.1, 0.15) is 0 Å². The fraction of sp³-hybridized carbons (Fsp3) is 0. The average molecular weight is 290 g/mol. The van der Waals surface area contributed by atoms with E-state index >= 15 is 0 Å². The molecule has 0 bridgehead atoms. The van der Waals surface area contributed by atoms with Gasteiger partial charge in [-0.15, -0.1) is 0 Å². The molecule has 0 unspecified atom stereocenters. The van der Waals surface area contributed by atoms with Crippen LogP contribution in [-0.2, 0) is 0 Å². The van der Waals surface area contributed by atoms with Crippen molar-refractivity contribution in [2.75, 3.05) is 5.73 Å². The van der Waals surface area contributed by atoms with Gasteiger partial charge in [0, 0.05) is 4.47 Å². The summed E-state index contributed by atoms with van der Waals surface area (Å²) in [6.07, 6.45) is 0. The minimum Gasteiger partial charge on any atom is -0.366 e. The van der Waals surface area contributed by atoms with E-state index in [1.807, 2.05) is 30.3 Å². The lowest BCUT2D eigenvalue weighted by molar-refractivity contribution is 0.792. The van der Waals surface area contributed by atoms with Crippen molar-refractivity contribution in [1.29, 1.82) is 0 Å². The summed E-state index contributed by atoms with van der Waals surface area (Å²) in [6.45, 7) is 0. The summed E-state index contributed by atoms with van der Waals surface area (Å²) in [6, 6.07) is 12.0. The summed E-state index contributed by atoms with van der Waals surface area (Å²) >= 11 is 3.44. The lowest BCUT2D eigenvalue weighted by Crippen LogP contribution is -2.02. The second-order valence-electron chi connectivity index (χ2n) is 3.62. The number of nitrogens with two attached hydrogens (primary N) is 1. The fourth-order valence-electron chi connectivity index (χ4n) is 1.71. The van der Waals surface area contributed by atoms with Crippen LogP contribution in [0.25, 0.3) is 16.5 Å². The van der Waals surface area contributed by atoms with Crippen LogP contribution in [0.3, 0.4) is 0 Å². The predicted octanol–water partition coefficient (Wildman–Crippen LogP) is 2.16. The summed E-state index contributed by atoms with van der Waals surface area (Å²) < 4.78 is 2.56. The number of tetrazole rings is 1. The van der Waals surface area contributed by atoms with Crippen LogP contribution < -0.4 is 5.73 Å². The first-order chi connectivity index (χ1) is 8.24. The van der Waals surface area contributed by atoms with Gasteiger partial charge in [-0.2, -0.15) is 4.68 Å². The van der Waals surface area contributed by atoms with Crippen molar-refractivity contribution in [3.63, 3.8) is 0 Å². The Morgan fingerprint density at radius 3 is 2.59 bits per heavy atom. The molecule has 0 amide bonds. The molecule has 0 saturated carbocycles. The highest BCUT2D eigenvalue weighted by Crippen LogP contribution is 2.22. The molecular formula is C11H8BrN5. The number of nitrogens with zero attached hydrogens (tertiary/aromatic N) is 4. The molecule has 0 fully saturated rings. The Hall–Kier alpha value is -1.95. The maximum atomic E-state index is 5.66. The molecule has 1 aromatic heterocycles. The van der Waals surface area contributed by atoms with E-state index in [1.54, 1.807) is 0 Å². The summed E-state index contributed by atoms with van der Waals surface area (Å²) in [4.78, 5) is 0. The van der Waals surface area contributed by atoms with Crippen LogP contribution >= 0.6 is 15.9 Å². The van der Waals surface area contributed by atoms with Crippen molar-refractivity contribution in [2.45, 2.75) is 0 Å². The zero-order valence-corrected chi connectivity index (χ0v) is 10.3. The summed E-state index contributed by atoms with van der Waals surface area (Å²) in [5, 5.41) is 13.3. The molecule has 5 nitrogen and oxygen atoms in total. The average Bonchev–Trinajstić information content (AvgIpc) is 2.75. The summed E-state index contributed by atoms with van der Waals surface area (Å²) in [5.74, 6) is 0.279. The van der Waals surface area contributed by atoms with E-state index in [1.165, 1.54) is 4.68 Å². The molecular weight excluding hydrogens is 282 g/mol. The van der Waals surface area contributed by atoms with Crippen LogP contribution in [0.4, 0.5) is 5.95 Å². The fourth-order valence-corrected chi connectivity index (χ4v) is 2.09. The van der Waals surface area contributed by atoms with E-state index in [-0.39, 0.29) is 5.95 Å². The number of aromatic nitrogens is 4. The normalized spacial score (nSPS) is 10.9. The number of hydrogen-bond acceptors (Lipinski definition) is 4.